The molecule has 0 unspecified atom stereocenters. The van der Waals surface area contributed by atoms with Crippen LogP contribution in [0.25, 0.3) is 6.08 Å². The molecular formula is C13H17F2N. The van der Waals surface area contributed by atoms with Gasteiger partial charge in [-0.3, -0.25) is 0 Å². The van der Waals surface area contributed by atoms with Crippen molar-refractivity contribution in [2.24, 2.45) is 0 Å². The first-order valence-electron chi connectivity index (χ1n) is 5.37. The third kappa shape index (κ3) is 4.53. The van der Waals surface area contributed by atoms with Crippen LogP contribution in [-0.2, 0) is 0 Å². The third-order valence-electron chi connectivity index (χ3n) is 2.12. The van der Waals surface area contributed by atoms with Crippen LogP contribution in [0.1, 0.15) is 31.4 Å². The summed E-state index contributed by atoms with van der Waals surface area (Å²) in [5.41, 5.74) is 0.877. The predicted octanol–water partition coefficient (Wildman–Crippen LogP) is 3.64. The van der Waals surface area contributed by atoms with Crippen LogP contribution in [0.3, 0.4) is 0 Å². The van der Waals surface area contributed by atoms with E-state index in [-0.39, 0.29) is 5.56 Å². The fourth-order valence-electron chi connectivity index (χ4n) is 1.30. The average molecular weight is 225 g/mol. The van der Waals surface area contributed by atoms with E-state index in [0.29, 0.717) is 6.04 Å². The molecule has 1 aromatic carbocycles. The quantitative estimate of drug-likeness (QED) is 0.806. The lowest BCUT2D eigenvalue weighted by molar-refractivity contribution is 0.151. The highest BCUT2D eigenvalue weighted by atomic mass is 19.3. The second-order valence-corrected chi connectivity index (χ2v) is 3.94. The molecule has 0 saturated heterocycles. The second kappa shape index (κ2) is 6.38. The number of alkyl halides is 2. The van der Waals surface area contributed by atoms with Crippen LogP contribution in [0.5, 0.6) is 0 Å². The fourth-order valence-corrected chi connectivity index (χ4v) is 1.30. The summed E-state index contributed by atoms with van der Waals surface area (Å²) in [6.45, 7) is 4.87. The molecule has 0 bridgehead atoms. The molecule has 1 nitrogen and oxygen atoms in total. The van der Waals surface area contributed by atoms with E-state index in [1.54, 1.807) is 6.07 Å². The summed E-state index contributed by atoms with van der Waals surface area (Å²) in [6, 6.07) is 6.84. The predicted molar refractivity (Wildman–Crippen MR) is 63.6 cm³/mol. The Balaban J connectivity index is 2.56. The zero-order valence-electron chi connectivity index (χ0n) is 9.58. The van der Waals surface area contributed by atoms with E-state index in [2.05, 4.69) is 19.2 Å². The van der Waals surface area contributed by atoms with Gasteiger partial charge in [-0.15, -0.1) is 0 Å². The largest absolute Gasteiger partial charge is 0.311 e. The highest BCUT2D eigenvalue weighted by Gasteiger charge is 2.05. The first-order valence-corrected chi connectivity index (χ1v) is 5.37. The van der Waals surface area contributed by atoms with E-state index in [9.17, 15) is 8.78 Å². The number of halogens is 2. The van der Waals surface area contributed by atoms with Gasteiger partial charge in [-0.25, -0.2) is 8.78 Å². The number of hydrogen-bond donors (Lipinski definition) is 1. The van der Waals surface area contributed by atoms with Crippen LogP contribution < -0.4 is 5.32 Å². The molecule has 0 aliphatic heterocycles. The Morgan fingerprint density at radius 2 is 2.06 bits per heavy atom. The van der Waals surface area contributed by atoms with Crippen molar-refractivity contribution in [3.8, 4) is 0 Å². The van der Waals surface area contributed by atoms with Crippen molar-refractivity contribution in [1.82, 2.24) is 5.32 Å². The lowest BCUT2D eigenvalue weighted by atomic mass is 10.1. The van der Waals surface area contributed by atoms with E-state index in [4.69, 9.17) is 0 Å². The van der Waals surface area contributed by atoms with Gasteiger partial charge in [0.2, 0.25) is 0 Å². The molecule has 0 aromatic heterocycles. The topological polar surface area (TPSA) is 12.0 Å². The summed E-state index contributed by atoms with van der Waals surface area (Å²) < 4.78 is 24.8. The van der Waals surface area contributed by atoms with E-state index < -0.39 is 6.43 Å². The van der Waals surface area contributed by atoms with Crippen LogP contribution >= 0.6 is 0 Å². The van der Waals surface area contributed by atoms with Crippen LogP contribution in [0.15, 0.2) is 30.3 Å². The molecule has 3 heteroatoms. The van der Waals surface area contributed by atoms with Gasteiger partial charge in [0.25, 0.3) is 6.43 Å². The maximum atomic E-state index is 12.4. The van der Waals surface area contributed by atoms with Crippen molar-refractivity contribution in [2.45, 2.75) is 26.3 Å². The third-order valence-corrected chi connectivity index (χ3v) is 2.12. The van der Waals surface area contributed by atoms with Crippen LogP contribution in [0.4, 0.5) is 8.78 Å². The van der Waals surface area contributed by atoms with Crippen molar-refractivity contribution >= 4 is 6.08 Å². The number of hydrogen-bond acceptors (Lipinski definition) is 1. The summed E-state index contributed by atoms with van der Waals surface area (Å²) in [5, 5.41) is 3.22. The second-order valence-electron chi connectivity index (χ2n) is 3.94. The molecular weight excluding hydrogens is 208 g/mol. The standard InChI is InChI=1S/C13H17F2N/c1-10(2)16-8-4-6-11-5-3-7-12(9-11)13(14)15/h3-7,9-10,13,16H,8H2,1-2H3/b6-4+. The van der Waals surface area contributed by atoms with Crippen molar-refractivity contribution in [2.75, 3.05) is 6.54 Å². The minimum atomic E-state index is -2.40. The van der Waals surface area contributed by atoms with Gasteiger partial charge in [-0.05, 0) is 11.6 Å². The van der Waals surface area contributed by atoms with Gasteiger partial charge in [-0.2, -0.15) is 0 Å². The Hall–Kier alpha value is -1.22. The molecule has 0 aliphatic rings. The highest BCUT2D eigenvalue weighted by molar-refractivity contribution is 5.50. The van der Waals surface area contributed by atoms with Gasteiger partial charge in [0, 0.05) is 18.2 Å². The average Bonchev–Trinajstić information content (AvgIpc) is 2.24. The van der Waals surface area contributed by atoms with Gasteiger partial charge in [0.1, 0.15) is 0 Å². The van der Waals surface area contributed by atoms with Crippen LogP contribution in [0, 0.1) is 0 Å². The Bertz CT molecular complexity index is 346. The molecule has 88 valence electrons. The molecule has 0 heterocycles. The lowest BCUT2D eigenvalue weighted by Gasteiger charge is -2.04. The summed E-state index contributed by atoms with van der Waals surface area (Å²) >= 11 is 0. The first-order chi connectivity index (χ1) is 7.59. The maximum absolute atomic E-state index is 12.4. The SMILES string of the molecule is CC(C)NC/C=C/c1cccc(C(F)F)c1. The maximum Gasteiger partial charge on any atom is 0.263 e. The zero-order chi connectivity index (χ0) is 12.0. The van der Waals surface area contributed by atoms with Crippen molar-refractivity contribution in [1.29, 1.82) is 0 Å². The Kier molecular flexibility index (Phi) is 5.12. The van der Waals surface area contributed by atoms with Crippen molar-refractivity contribution in [3.05, 3.63) is 41.5 Å². The molecule has 0 amide bonds. The first kappa shape index (κ1) is 12.8. The van der Waals surface area contributed by atoms with Gasteiger partial charge in [0.05, 0.1) is 0 Å². The molecule has 0 spiro atoms. The smallest absolute Gasteiger partial charge is 0.263 e. The molecule has 0 saturated carbocycles. The Morgan fingerprint density at radius 1 is 1.31 bits per heavy atom. The zero-order valence-corrected chi connectivity index (χ0v) is 9.58. The van der Waals surface area contributed by atoms with Gasteiger partial charge in [-0.1, -0.05) is 44.2 Å². The molecule has 1 rings (SSSR count). The Morgan fingerprint density at radius 3 is 2.69 bits per heavy atom. The molecule has 16 heavy (non-hydrogen) atoms. The molecule has 0 aliphatic carbocycles. The molecule has 0 radical (unpaired) electrons. The van der Waals surface area contributed by atoms with Crippen LogP contribution in [0.2, 0.25) is 0 Å². The fraction of sp³-hybridized carbons (Fsp3) is 0.385. The van der Waals surface area contributed by atoms with Crippen molar-refractivity contribution < 1.29 is 8.78 Å². The van der Waals surface area contributed by atoms with E-state index >= 15 is 0 Å². The monoisotopic (exact) mass is 225 g/mol. The number of nitrogens with one attached hydrogen (secondary N) is 1. The molecule has 0 fully saturated rings. The summed E-state index contributed by atoms with van der Waals surface area (Å²) in [7, 11) is 0. The molecule has 0 atom stereocenters. The minimum absolute atomic E-state index is 0.0685. The van der Waals surface area contributed by atoms with E-state index in [1.165, 1.54) is 12.1 Å². The number of benzene rings is 1. The normalized spacial score (nSPS) is 11.9. The summed E-state index contributed by atoms with van der Waals surface area (Å²) in [4.78, 5) is 0. The summed E-state index contributed by atoms with van der Waals surface area (Å²) in [6.07, 6.45) is 1.38. The summed E-state index contributed by atoms with van der Waals surface area (Å²) in [5.74, 6) is 0. The minimum Gasteiger partial charge on any atom is -0.311 e. The lowest BCUT2D eigenvalue weighted by Crippen LogP contribution is -2.22. The number of rotatable bonds is 5. The van der Waals surface area contributed by atoms with E-state index in [1.807, 2.05) is 18.2 Å². The van der Waals surface area contributed by atoms with Gasteiger partial charge >= 0.3 is 0 Å². The van der Waals surface area contributed by atoms with Gasteiger partial charge in [0.15, 0.2) is 0 Å². The van der Waals surface area contributed by atoms with Crippen molar-refractivity contribution in [3.63, 3.8) is 0 Å². The molecule has 1 N–H and O–H groups in total. The van der Waals surface area contributed by atoms with Crippen LogP contribution in [-0.4, -0.2) is 12.6 Å². The van der Waals surface area contributed by atoms with Gasteiger partial charge < -0.3 is 5.32 Å². The highest BCUT2D eigenvalue weighted by Crippen LogP contribution is 2.19. The molecule has 1 aromatic rings. The van der Waals surface area contributed by atoms with E-state index in [0.717, 1.165) is 12.1 Å². The Labute approximate surface area is 95.2 Å².